The van der Waals surface area contributed by atoms with Gasteiger partial charge >= 0.3 is 0 Å². The van der Waals surface area contributed by atoms with E-state index in [9.17, 15) is 9.59 Å². The molecule has 2 amide bonds. The lowest BCUT2D eigenvalue weighted by Gasteiger charge is -2.26. The highest BCUT2D eigenvalue weighted by molar-refractivity contribution is 6.05. The Hall–Kier alpha value is -4.30. The van der Waals surface area contributed by atoms with E-state index >= 15 is 0 Å². The number of furan rings is 1. The molecule has 0 bridgehead atoms. The number of piperidine rings is 1. The van der Waals surface area contributed by atoms with Crippen LogP contribution in [0.25, 0.3) is 11.0 Å². The lowest BCUT2D eigenvalue weighted by molar-refractivity contribution is -0.107. The van der Waals surface area contributed by atoms with Crippen molar-refractivity contribution in [2.45, 2.75) is 25.8 Å². The Kier molecular flexibility index (Phi) is 7.89. The second-order valence-corrected chi connectivity index (χ2v) is 9.47. The summed E-state index contributed by atoms with van der Waals surface area (Å²) in [6, 6.07) is 22.0. The summed E-state index contributed by atoms with van der Waals surface area (Å²) in [5.41, 5.74) is 9.41. The van der Waals surface area contributed by atoms with E-state index in [0.717, 1.165) is 42.6 Å². The van der Waals surface area contributed by atoms with Gasteiger partial charge in [0.15, 0.2) is 0 Å². The van der Waals surface area contributed by atoms with Gasteiger partial charge in [0, 0.05) is 29.1 Å². The first kappa shape index (κ1) is 25.4. The maximum atomic E-state index is 12.5. The van der Waals surface area contributed by atoms with Crippen molar-refractivity contribution in [3.8, 4) is 5.75 Å². The Labute approximate surface area is 222 Å². The normalized spacial score (nSPS) is 13.8. The number of likely N-dealkylation sites (tertiary alicyclic amines) is 1. The third-order valence-electron chi connectivity index (χ3n) is 6.79. The van der Waals surface area contributed by atoms with E-state index in [4.69, 9.17) is 14.9 Å². The van der Waals surface area contributed by atoms with Crippen LogP contribution in [0.3, 0.4) is 0 Å². The maximum absolute atomic E-state index is 12.5. The summed E-state index contributed by atoms with van der Waals surface area (Å²) in [4.78, 5) is 28.4. The van der Waals surface area contributed by atoms with Crippen molar-refractivity contribution in [1.29, 1.82) is 0 Å². The summed E-state index contributed by atoms with van der Waals surface area (Å²) >= 11 is 0. The second-order valence-electron chi connectivity index (χ2n) is 9.47. The van der Waals surface area contributed by atoms with Crippen LogP contribution in [-0.2, 0) is 11.3 Å². The van der Waals surface area contributed by atoms with Crippen LogP contribution in [0.1, 0.15) is 35.2 Å². The number of para-hydroxylation sites is 3. The zero-order valence-corrected chi connectivity index (χ0v) is 21.3. The van der Waals surface area contributed by atoms with Crippen LogP contribution in [0.5, 0.6) is 5.75 Å². The van der Waals surface area contributed by atoms with Crippen molar-refractivity contribution in [2.75, 3.05) is 42.2 Å². The van der Waals surface area contributed by atoms with Gasteiger partial charge in [0.2, 0.25) is 12.3 Å². The third kappa shape index (κ3) is 5.98. The molecular formula is C30H32N4O4. The van der Waals surface area contributed by atoms with E-state index in [1.54, 1.807) is 36.4 Å². The first-order chi connectivity index (χ1) is 18.6. The van der Waals surface area contributed by atoms with E-state index in [-0.39, 0.29) is 12.5 Å². The van der Waals surface area contributed by atoms with Gasteiger partial charge in [-0.15, -0.1) is 0 Å². The van der Waals surface area contributed by atoms with Crippen molar-refractivity contribution in [1.82, 2.24) is 4.90 Å². The number of carbonyl (C=O) groups excluding carboxylic acids is 2. The van der Waals surface area contributed by atoms with Crippen molar-refractivity contribution in [3.63, 3.8) is 0 Å². The average Bonchev–Trinajstić information content (AvgIpc) is 3.38. The Morgan fingerprint density at radius 1 is 1.03 bits per heavy atom. The summed E-state index contributed by atoms with van der Waals surface area (Å²) in [6.07, 6.45) is 4.52. The van der Waals surface area contributed by atoms with Gasteiger partial charge in [0.25, 0.3) is 5.91 Å². The molecule has 38 heavy (non-hydrogen) atoms. The molecule has 3 aromatic carbocycles. The molecule has 0 spiro atoms. The van der Waals surface area contributed by atoms with Gasteiger partial charge in [-0.05, 0) is 62.3 Å². The van der Waals surface area contributed by atoms with E-state index in [2.05, 4.69) is 16.3 Å². The number of amides is 2. The lowest BCUT2D eigenvalue weighted by Crippen LogP contribution is -2.29. The van der Waals surface area contributed by atoms with Crippen LogP contribution in [-0.4, -0.2) is 43.5 Å². The molecule has 2 heterocycles. The van der Waals surface area contributed by atoms with Crippen LogP contribution in [0.15, 0.2) is 77.2 Å². The standard InChI is InChI=1S/C30H32N4O4/c31-26-9-2-3-10-27(26)32-30(36)22-11-13-25(14-12-22)37-18-17-34(21-35)28-19-23-7-6-8-24(29(23)38-28)20-33-15-4-1-5-16-33/h2-3,6-14,19,21H,1,4-5,15-18,20,31H2,(H,32,36). The molecule has 0 saturated carbocycles. The fourth-order valence-corrected chi connectivity index (χ4v) is 4.72. The van der Waals surface area contributed by atoms with Gasteiger partial charge in [-0.3, -0.25) is 19.4 Å². The van der Waals surface area contributed by atoms with Crippen molar-refractivity contribution in [3.05, 3.63) is 83.9 Å². The minimum atomic E-state index is -0.258. The topological polar surface area (TPSA) is 101 Å². The van der Waals surface area contributed by atoms with Crippen molar-refractivity contribution in [2.24, 2.45) is 0 Å². The molecule has 196 valence electrons. The molecule has 0 unspecified atom stereocenters. The summed E-state index contributed by atoms with van der Waals surface area (Å²) in [6.45, 7) is 3.65. The second kappa shape index (κ2) is 11.8. The van der Waals surface area contributed by atoms with Crippen LogP contribution in [0, 0.1) is 0 Å². The Morgan fingerprint density at radius 2 is 1.82 bits per heavy atom. The molecule has 1 aliphatic rings. The molecule has 8 nitrogen and oxygen atoms in total. The molecule has 0 radical (unpaired) electrons. The molecular weight excluding hydrogens is 480 g/mol. The van der Waals surface area contributed by atoms with Crippen LogP contribution >= 0.6 is 0 Å². The predicted octanol–water partition coefficient (Wildman–Crippen LogP) is 5.30. The monoisotopic (exact) mass is 512 g/mol. The molecule has 8 heteroatoms. The summed E-state index contributed by atoms with van der Waals surface area (Å²) in [5.74, 6) is 0.836. The number of hydrogen-bond donors (Lipinski definition) is 2. The third-order valence-corrected chi connectivity index (χ3v) is 6.79. The molecule has 1 aliphatic heterocycles. The van der Waals surface area contributed by atoms with E-state index in [1.165, 1.54) is 24.2 Å². The number of carbonyl (C=O) groups is 2. The Morgan fingerprint density at radius 3 is 2.58 bits per heavy atom. The lowest BCUT2D eigenvalue weighted by atomic mass is 10.1. The number of anilines is 3. The number of ether oxygens (including phenoxy) is 1. The Balaban J connectivity index is 1.18. The largest absolute Gasteiger partial charge is 0.492 e. The fraction of sp³-hybridized carbons (Fsp3) is 0.267. The number of benzene rings is 3. The molecule has 1 fully saturated rings. The smallest absolute Gasteiger partial charge is 0.255 e. The van der Waals surface area contributed by atoms with E-state index in [0.29, 0.717) is 35.1 Å². The highest BCUT2D eigenvalue weighted by Gasteiger charge is 2.17. The van der Waals surface area contributed by atoms with Crippen molar-refractivity contribution >= 4 is 40.5 Å². The molecule has 1 aromatic heterocycles. The number of hydrogen-bond acceptors (Lipinski definition) is 6. The van der Waals surface area contributed by atoms with Gasteiger partial charge in [0.05, 0.1) is 17.9 Å². The van der Waals surface area contributed by atoms with Gasteiger partial charge in [0.1, 0.15) is 17.9 Å². The number of nitrogen functional groups attached to an aromatic ring is 1. The first-order valence-electron chi connectivity index (χ1n) is 12.9. The fourth-order valence-electron chi connectivity index (χ4n) is 4.72. The minimum Gasteiger partial charge on any atom is -0.492 e. The number of rotatable bonds is 10. The Bertz CT molecular complexity index is 1390. The number of nitrogens with one attached hydrogen (secondary N) is 1. The summed E-state index contributed by atoms with van der Waals surface area (Å²) in [7, 11) is 0. The minimum absolute atomic E-state index is 0.258. The van der Waals surface area contributed by atoms with E-state index < -0.39 is 0 Å². The van der Waals surface area contributed by atoms with Crippen LogP contribution < -0.4 is 20.7 Å². The summed E-state index contributed by atoms with van der Waals surface area (Å²) < 4.78 is 12.0. The average molecular weight is 513 g/mol. The quantitative estimate of drug-likeness (QED) is 0.221. The van der Waals surface area contributed by atoms with Gasteiger partial charge in [-0.25, -0.2) is 0 Å². The molecule has 5 rings (SSSR count). The number of nitrogens with zero attached hydrogens (tertiary/aromatic N) is 2. The highest BCUT2D eigenvalue weighted by Crippen LogP contribution is 2.29. The van der Waals surface area contributed by atoms with Gasteiger partial charge < -0.3 is 20.2 Å². The molecule has 1 saturated heterocycles. The van der Waals surface area contributed by atoms with Crippen LogP contribution in [0.4, 0.5) is 17.3 Å². The van der Waals surface area contributed by atoms with Gasteiger partial charge in [-0.1, -0.05) is 36.8 Å². The first-order valence-corrected chi connectivity index (χ1v) is 12.9. The number of fused-ring (bicyclic) bond motifs is 1. The molecule has 4 aromatic rings. The van der Waals surface area contributed by atoms with Crippen LogP contribution in [0.2, 0.25) is 0 Å². The predicted molar refractivity (Wildman–Crippen MR) is 149 cm³/mol. The van der Waals surface area contributed by atoms with Crippen molar-refractivity contribution < 1.29 is 18.7 Å². The zero-order chi connectivity index (χ0) is 26.3. The number of nitrogens with two attached hydrogens (primary N) is 1. The maximum Gasteiger partial charge on any atom is 0.255 e. The SMILES string of the molecule is Nc1ccccc1NC(=O)c1ccc(OCCN(C=O)c2cc3cccc(CN4CCCCC4)c3o2)cc1. The molecule has 3 N–H and O–H groups in total. The van der Waals surface area contributed by atoms with E-state index in [1.807, 2.05) is 30.3 Å². The molecule has 0 atom stereocenters. The summed E-state index contributed by atoms with van der Waals surface area (Å²) in [5, 5.41) is 3.78. The van der Waals surface area contributed by atoms with Gasteiger partial charge in [-0.2, -0.15) is 0 Å². The molecule has 0 aliphatic carbocycles. The highest BCUT2D eigenvalue weighted by atomic mass is 16.5. The zero-order valence-electron chi connectivity index (χ0n) is 21.3.